The Morgan fingerprint density at radius 3 is 1.59 bits per heavy atom. The van der Waals surface area contributed by atoms with Gasteiger partial charge in [-0.15, -0.1) is 18.3 Å². The summed E-state index contributed by atoms with van der Waals surface area (Å²) >= 11 is 1.39. The number of nitrogens with zero attached hydrogens (tertiary/aromatic N) is 1. The molecule has 0 aromatic carbocycles. The van der Waals surface area contributed by atoms with Crippen molar-refractivity contribution in [2.24, 2.45) is 0 Å². The average molecular weight is 900 g/mol. The molecule has 0 bridgehead atoms. The first-order valence-electron chi connectivity index (χ1n) is 20.5. The van der Waals surface area contributed by atoms with E-state index in [1.165, 1.54) is 23.6 Å². The molecule has 4 N–H and O–H groups in total. The number of unbranched alkanes of at least 4 members (excludes halogenated alkanes) is 6. The molecule has 1 unspecified atom stereocenters. The van der Waals surface area contributed by atoms with Crippen LogP contribution < -0.4 is 21.3 Å². The number of urea groups is 2. The van der Waals surface area contributed by atoms with Crippen LogP contribution in [0.2, 0.25) is 12.1 Å². The van der Waals surface area contributed by atoms with Crippen LogP contribution >= 0.6 is 11.8 Å². The van der Waals surface area contributed by atoms with Crippen LogP contribution in [-0.4, -0.2) is 152 Å². The molecule has 346 valence electrons. The van der Waals surface area contributed by atoms with Gasteiger partial charge in [0.15, 0.2) is 0 Å². The summed E-state index contributed by atoms with van der Waals surface area (Å²) in [6, 6.07) is 0.503. The van der Waals surface area contributed by atoms with Crippen molar-refractivity contribution in [3.63, 3.8) is 0 Å². The summed E-state index contributed by atoms with van der Waals surface area (Å²) in [6.07, 6.45) is 9.40. The zero-order chi connectivity index (χ0) is 44.8. The maximum absolute atomic E-state index is 12.6. The van der Waals surface area contributed by atoms with Crippen molar-refractivity contribution in [2.75, 3.05) is 94.3 Å². The molecule has 0 saturated heterocycles. The summed E-state index contributed by atoms with van der Waals surface area (Å²) in [5.41, 5.74) is 0. The smallest absolute Gasteiger partial charge is 0.465 e. The number of carbonyl (C=O) groups excluding carboxylic acids is 5. The molecule has 0 radical (unpaired) electrons. The number of nitrogens with one attached hydrogen (secondary N) is 4. The molecular weight excluding hydrogens is 823 g/mol. The minimum Gasteiger partial charge on any atom is -0.465 e. The number of alkyl carbamates (subject to hydrolysis) is 1. The molecule has 0 aliphatic heterocycles. The van der Waals surface area contributed by atoms with Gasteiger partial charge < -0.3 is 57.3 Å². The second-order valence-electron chi connectivity index (χ2n) is 13.1. The van der Waals surface area contributed by atoms with E-state index >= 15 is 0 Å². The minimum atomic E-state index is -2.70. The molecule has 1 atom stereocenters. The van der Waals surface area contributed by atoms with Crippen molar-refractivity contribution in [1.29, 1.82) is 0 Å². The summed E-state index contributed by atoms with van der Waals surface area (Å²) in [6.45, 7) is 11.2. The van der Waals surface area contributed by atoms with Crippen molar-refractivity contribution in [2.45, 2.75) is 109 Å². The van der Waals surface area contributed by atoms with Gasteiger partial charge in [-0.25, -0.2) is 14.4 Å². The van der Waals surface area contributed by atoms with Crippen molar-refractivity contribution >= 4 is 59.4 Å². The molecule has 59 heavy (non-hydrogen) atoms. The Morgan fingerprint density at radius 1 is 0.644 bits per heavy atom. The van der Waals surface area contributed by atoms with E-state index in [2.05, 4.69) is 27.8 Å². The Morgan fingerprint density at radius 2 is 1.10 bits per heavy atom. The lowest BCUT2D eigenvalue weighted by atomic mass is 10.2. The highest BCUT2D eigenvalue weighted by molar-refractivity contribution is 8.00. The molecule has 0 aliphatic rings. The Bertz CT molecular complexity index is 1130. The van der Waals surface area contributed by atoms with E-state index in [9.17, 15) is 24.0 Å². The van der Waals surface area contributed by atoms with E-state index in [-0.39, 0.29) is 36.4 Å². The molecule has 18 nitrogen and oxygen atoms in total. The van der Waals surface area contributed by atoms with Gasteiger partial charge in [-0.05, 0) is 51.9 Å². The van der Waals surface area contributed by atoms with E-state index in [0.29, 0.717) is 76.2 Å². The van der Waals surface area contributed by atoms with E-state index in [1.54, 1.807) is 48.7 Å². The number of rotatable bonds is 34. The van der Waals surface area contributed by atoms with E-state index in [0.717, 1.165) is 44.9 Å². The van der Waals surface area contributed by atoms with Crippen LogP contribution in [0.4, 0.5) is 14.4 Å². The Balaban J connectivity index is 0. The predicted molar refractivity (Wildman–Crippen MR) is 234 cm³/mol. The standard InChI is InChI=1S/C35H71N5O13SSi2.C3H6/c1-9-31(32(42)52-25-19-29-56(49-6,50-7)51-8)54-27-26-53-35(45)39-22-16-11-10-15-21-38-34(44)40(30(2)41)24-17-13-12-14-20-36-33(43)37-23-18-28-55(46-3,47-4)48-5;1-3-2/h31H,9-29H2,1-8H3,(H,38,44)(H,39,45)(H2,36,37,43);3H,1H2,2H3. The largest absolute Gasteiger partial charge is 0.500 e. The number of hydrogen-bond donors (Lipinski definition) is 4. The normalized spacial score (nSPS) is 11.7. The molecule has 0 fully saturated rings. The highest BCUT2D eigenvalue weighted by Gasteiger charge is 2.38. The van der Waals surface area contributed by atoms with Crippen LogP contribution in [0.25, 0.3) is 0 Å². The average Bonchev–Trinajstić information content (AvgIpc) is 3.23. The number of esters is 1. The van der Waals surface area contributed by atoms with Crippen LogP contribution in [0, 0.1) is 0 Å². The van der Waals surface area contributed by atoms with Crippen molar-refractivity contribution in [3.05, 3.63) is 12.7 Å². The summed E-state index contributed by atoms with van der Waals surface area (Å²) in [5.74, 6) is -0.144. The fourth-order valence-electron chi connectivity index (χ4n) is 5.40. The SMILES string of the molecule is C=CC.CCC(SCCOC(=O)NCCCCCCNC(=O)N(CCCCCCNC(=O)NCCC[Si](OC)(OC)OC)C(C)=O)C(=O)OCCC[Si](OC)(OC)OC. The van der Waals surface area contributed by atoms with Crippen LogP contribution in [-0.2, 0) is 45.6 Å². The molecule has 0 saturated carbocycles. The first-order chi connectivity index (χ1) is 28.3. The third kappa shape index (κ3) is 29.2. The van der Waals surface area contributed by atoms with Gasteiger partial charge in [-0.1, -0.05) is 38.7 Å². The highest BCUT2D eigenvalue weighted by atomic mass is 32.2. The lowest BCUT2D eigenvalue weighted by molar-refractivity contribution is -0.143. The number of hydrogen-bond acceptors (Lipinski definition) is 14. The van der Waals surface area contributed by atoms with Crippen LogP contribution in [0.1, 0.15) is 91.4 Å². The monoisotopic (exact) mass is 899 g/mol. The molecule has 0 aliphatic carbocycles. The van der Waals surface area contributed by atoms with Gasteiger partial charge in [0.05, 0.1) is 6.61 Å². The number of carbonyl (C=O) groups is 5. The van der Waals surface area contributed by atoms with Crippen LogP contribution in [0.3, 0.4) is 0 Å². The summed E-state index contributed by atoms with van der Waals surface area (Å²) in [5, 5.41) is 10.8. The fourth-order valence-corrected chi connectivity index (χ4v) is 9.72. The van der Waals surface area contributed by atoms with Crippen molar-refractivity contribution in [1.82, 2.24) is 26.2 Å². The zero-order valence-electron chi connectivity index (χ0n) is 37.4. The predicted octanol–water partition coefficient (Wildman–Crippen LogP) is 5.47. The van der Waals surface area contributed by atoms with Crippen LogP contribution in [0.15, 0.2) is 12.7 Å². The molecule has 6 amide bonds. The molecular formula is C38H77N5O13SSi2. The minimum absolute atomic E-state index is 0.170. The summed E-state index contributed by atoms with van der Waals surface area (Å²) in [4.78, 5) is 62.4. The fraction of sp³-hybridized carbons (Fsp3) is 0.816. The number of amides is 6. The number of ether oxygens (including phenoxy) is 2. The molecule has 0 aromatic rings. The van der Waals surface area contributed by atoms with E-state index < -0.39 is 29.7 Å². The molecule has 0 rings (SSSR count). The Kier molecular flexibility index (Phi) is 37.7. The van der Waals surface area contributed by atoms with Gasteiger partial charge in [0.2, 0.25) is 5.91 Å². The Hall–Kier alpha value is -2.77. The molecule has 0 spiro atoms. The maximum atomic E-state index is 12.6. The number of thioether (sulfide) groups is 1. The van der Waals surface area contributed by atoms with Crippen molar-refractivity contribution in [3.8, 4) is 0 Å². The molecule has 0 aromatic heterocycles. The lowest BCUT2D eigenvalue weighted by Gasteiger charge is -2.24. The first-order valence-corrected chi connectivity index (χ1v) is 25.4. The third-order valence-electron chi connectivity index (χ3n) is 8.82. The first kappa shape index (κ1) is 58.3. The topological polar surface area (TPSA) is 211 Å². The van der Waals surface area contributed by atoms with Crippen molar-refractivity contribution < 1.29 is 60.0 Å². The third-order valence-corrected chi connectivity index (χ3v) is 15.8. The second-order valence-corrected chi connectivity index (χ2v) is 20.6. The Labute approximate surface area is 360 Å². The second kappa shape index (κ2) is 38.2. The van der Waals surface area contributed by atoms with E-state index in [1.807, 2.05) is 13.8 Å². The maximum Gasteiger partial charge on any atom is 0.500 e. The quantitative estimate of drug-likeness (QED) is 0.0273. The van der Waals surface area contributed by atoms with Gasteiger partial charge in [0.25, 0.3) is 0 Å². The highest BCUT2D eigenvalue weighted by Crippen LogP contribution is 2.18. The van der Waals surface area contributed by atoms with Gasteiger partial charge >= 0.3 is 41.7 Å². The molecule has 21 heteroatoms. The van der Waals surface area contributed by atoms with Gasteiger partial charge in [-0.3, -0.25) is 14.5 Å². The summed E-state index contributed by atoms with van der Waals surface area (Å²) < 4.78 is 42.9. The number of imide groups is 1. The number of allylic oxidation sites excluding steroid dienone is 1. The van der Waals surface area contributed by atoms with Gasteiger partial charge in [0, 0.05) is 100 Å². The van der Waals surface area contributed by atoms with Gasteiger partial charge in [0.1, 0.15) is 11.9 Å². The van der Waals surface area contributed by atoms with E-state index in [4.69, 9.17) is 36.0 Å². The molecule has 0 heterocycles. The lowest BCUT2D eigenvalue weighted by Crippen LogP contribution is -2.44. The van der Waals surface area contributed by atoms with Crippen LogP contribution in [0.5, 0.6) is 0 Å². The summed E-state index contributed by atoms with van der Waals surface area (Å²) in [7, 11) is 3.97. The zero-order valence-corrected chi connectivity index (χ0v) is 40.2. The van der Waals surface area contributed by atoms with Gasteiger partial charge in [-0.2, -0.15) is 0 Å².